The third-order valence-electron chi connectivity index (χ3n) is 4.65. The van der Waals surface area contributed by atoms with Gasteiger partial charge in [-0.3, -0.25) is 10.2 Å². The van der Waals surface area contributed by atoms with Crippen LogP contribution in [0.3, 0.4) is 0 Å². The third kappa shape index (κ3) is 6.10. The Morgan fingerprint density at radius 1 is 0.926 bits per heavy atom. The molecule has 0 fully saturated rings. The van der Waals surface area contributed by atoms with E-state index in [-0.39, 0.29) is 5.91 Å². The molecule has 1 atom stereocenters. The first-order chi connectivity index (χ1) is 13.1. The molecule has 2 aromatic rings. The lowest BCUT2D eigenvalue weighted by atomic mass is 9.94. The van der Waals surface area contributed by atoms with Gasteiger partial charge in [-0.05, 0) is 31.9 Å². The van der Waals surface area contributed by atoms with Crippen molar-refractivity contribution in [3.05, 3.63) is 66.2 Å². The van der Waals surface area contributed by atoms with Crippen LogP contribution < -0.4 is 10.2 Å². The Labute approximate surface area is 163 Å². The molecular weight excluding hydrogens is 336 g/mol. The molecule has 0 saturated heterocycles. The van der Waals surface area contributed by atoms with Crippen molar-refractivity contribution in [2.75, 3.05) is 13.1 Å². The number of carbonyl (C=O) groups excluding carboxylic acids is 1. The number of unbranched alkanes of at least 4 members (excludes halogenated alkanes) is 2. The number of ether oxygens (including phenoxy) is 1. The van der Waals surface area contributed by atoms with E-state index in [4.69, 9.17) is 4.74 Å². The largest absolute Gasteiger partial charge is 0.473 e. The number of nitrogens with one attached hydrogen (secondary N) is 1. The highest BCUT2D eigenvalue weighted by molar-refractivity contribution is 5.86. The van der Waals surface area contributed by atoms with Crippen LogP contribution in [0.15, 0.2) is 60.7 Å². The Bertz CT molecular complexity index is 667. The molecule has 1 amide bonds. The van der Waals surface area contributed by atoms with E-state index in [1.807, 2.05) is 72.6 Å². The van der Waals surface area contributed by atoms with Gasteiger partial charge < -0.3 is 4.74 Å². The second kappa shape index (κ2) is 10.7. The van der Waals surface area contributed by atoms with E-state index in [0.29, 0.717) is 5.75 Å². The summed E-state index contributed by atoms with van der Waals surface area (Å²) in [7, 11) is 0. The van der Waals surface area contributed by atoms with Crippen molar-refractivity contribution in [3.63, 3.8) is 0 Å². The first-order valence-corrected chi connectivity index (χ1v) is 9.95. The molecule has 0 aromatic heterocycles. The van der Waals surface area contributed by atoms with Crippen LogP contribution in [0.2, 0.25) is 0 Å². The van der Waals surface area contributed by atoms with Gasteiger partial charge in [-0.25, -0.2) is 5.01 Å². The van der Waals surface area contributed by atoms with Crippen LogP contribution in [0, 0.1) is 0 Å². The Morgan fingerprint density at radius 3 is 1.96 bits per heavy atom. The number of hydrazine groups is 1. The molecule has 4 heteroatoms. The molecule has 146 valence electrons. The first kappa shape index (κ1) is 21.0. The van der Waals surface area contributed by atoms with Crippen LogP contribution in [0.1, 0.15) is 52.0 Å². The van der Waals surface area contributed by atoms with E-state index in [9.17, 15) is 4.79 Å². The van der Waals surface area contributed by atoms with E-state index in [0.717, 1.165) is 44.3 Å². The summed E-state index contributed by atoms with van der Waals surface area (Å²) in [5, 5.41) is 2.03. The summed E-state index contributed by atoms with van der Waals surface area (Å²) in [5.41, 5.74) is 2.83. The van der Waals surface area contributed by atoms with Crippen LogP contribution >= 0.6 is 0 Å². The topological polar surface area (TPSA) is 41.6 Å². The molecule has 2 aromatic carbocycles. The van der Waals surface area contributed by atoms with Gasteiger partial charge in [0.2, 0.25) is 5.60 Å². The number of hydrogen-bond acceptors (Lipinski definition) is 3. The lowest BCUT2D eigenvalue weighted by Crippen LogP contribution is -2.53. The molecule has 0 spiro atoms. The van der Waals surface area contributed by atoms with Crippen molar-refractivity contribution in [2.24, 2.45) is 0 Å². The number of nitrogens with zero attached hydrogens (tertiary/aromatic N) is 1. The van der Waals surface area contributed by atoms with E-state index < -0.39 is 5.60 Å². The van der Waals surface area contributed by atoms with Crippen molar-refractivity contribution in [2.45, 2.75) is 52.1 Å². The molecule has 0 heterocycles. The Balaban J connectivity index is 2.24. The fraction of sp³-hybridized carbons (Fsp3) is 0.435. The van der Waals surface area contributed by atoms with Crippen molar-refractivity contribution in [3.8, 4) is 5.75 Å². The second-order valence-electron chi connectivity index (χ2n) is 6.95. The van der Waals surface area contributed by atoms with Crippen LogP contribution in [0.4, 0.5) is 0 Å². The summed E-state index contributed by atoms with van der Waals surface area (Å²) in [6, 6.07) is 19.2. The molecule has 1 unspecified atom stereocenters. The highest BCUT2D eigenvalue weighted by Crippen LogP contribution is 2.28. The minimum absolute atomic E-state index is 0.148. The van der Waals surface area contributed by atoms with Crippen LogP contribution in [0.25, 0.3) is 0 Å². The summed E-state index contributed by atoms with van der Waals surface area (Å²) in [4.78, 5) is 13.3. The highest BCUT2D eigenvalue weighted by atomic mass is 16.5. The van der Waals surface area contributed by atoms with Crippen LogP contribution in [-0.2, 0) is 10.4 Å². The SMILES string of the molecule is CCCCN(CCCC)NC(=O)C(C)(Oc1ccccc1)c1ccccc1. The van der Waals surface area contributed by atoms with E-state index in [1.54, 1.807) is 0 Å². The van der Waals surface area contributed by atoms with Crippen molar-refractivity contribution >= 4 is 5.91 Å². The second-order valence-corrected chi connectivity index (χ2v) is 6.95. The lowest BCUT2D eigenvalue weighted by Gasteiger charge is -2.33. The summed E-state index contributed by atoms with van der Waals surface area (Å²) in [6.45, 7) is 7.85. The molecule has 0 aliphatic carbocycles. The number of benzene rings is 2. The number of amides is 1. The fourth-order valence-corrected chi connectivity index (χ4v) is 2.89. The van der Waals surface area contributed by atoms with Gasteiger partial charge in [0.15, 0.2) is 0 Å². The van der Waals surface area contributed by atoms with Gasteiger partial charge in [0.05, 0.1) is 0 Å². The Hall–Kier alpha value is -2.33. The summed E-state index contributed by atoms with van der Waals surface area (Å²) in [6.07, 6.45) is 4.28. The zero-order valence-electron chi connectivity index (χ0n) is 16.8. The zero-order valence-corrected chi connectivity index (χ0v) is 16.8. The smallest absolute Gasteiger partial charge is 0.282 e. The maximum Gasteiger partial charge on any atom is 0.282 e. The Kier molecular flexibility index (Phi) is 8.34. The summed E-state index contributed by atoms with van der Waals surface area (Å²) >= 11 is 0. The number of para-hydroxylation sites is 1. The van der Waals surface area contributed by atoms with E-state index in [1.165, 1.54) is 0 Å². The fourth-order valence-electron chi connectivity index (χ4n) is 2.89. The van der Waals surface area contributed by atoms with Gasteiger partial charge in [0.25, 0.3) is 5.91 Å². The third-order valence-corrected chi connectivity index (χ3v) is 4.65. The molecule has 0 bridgehead atoms. The van der Waals surface area contributed by atoms with Crippen molar-refractivity contribution in [1.82, 2.24) is 10.4 Å². The predicted molar refractivity (Wildman–Crippen MR) is 110 cm³/mol. The molecule has 2 rings (SSSR count). The number of rotatable bonds is 11. The molecule has 27 heavy (non-hydrogen) atoms. The predicted octanol–water partition coefficient (Wildman–Crippen LogP) is 4.91. The van der Waals surface area contributed by atoms with Gasteiger partial charge in [-0.2, -0.15) is 0 Å². The first-order valence-electron chi connectivity index (χ1n) is 9.95. The average molecular weight is 369 g/mol. The maximum atomic E-state index is 13.3. The van der Waals surface area contributed by atoms with Gasteiger partial charge in [0.1, 0.15) is 5.75 Å². The monoisotopic (exact) mass is 368 g/mol. The normalized spacial score (nSPS) is 13.2. The zero-order chi connectivity index (χ0) is 19.5. The van der Waals surface area contributed by atoms with Gasteiger partial charge in [0, 0.05) is 18.7 Å². The molecule has 1 N–H and O–H groups in total. The maximum absolute atomic E-state index is 13.3. The Morgan fingerprint density at radius 2 is 1.44 bits per heavy atom. The van der Waals surface area contributed by atoms with E-state index in [2.05, 4.69) is 19.3 Å². The highest BCUT2D eigenvalue weighted by Gasteiger charge is 2.38. The van der Waals surface area contributed by atoms with Crippen LogP contribution in [0.5, 0.6) is 5.75 Å². The lowest BCUT2D eigenvalue weighted by molar-refractivity contribution is -0.141. The molecule has 0 radical (unpaired) electrons. The van der Waals surface area contributed by atoms with Crippen molar-refractivity contribution in [1.29, 1.82) is 0 Å². The average Bonchev–Trinajstić information content (AvgIpc) is 2.71. The minimum Gasteiger partial charge on any atom is -0.473 e. The van der Waals surface area contributed by atoms with Gasteiger partial charge in [-0.15, -0.1) is 0 Å². The van der Waals surface area contributed by atoms with Gasteiger partial charge >= 0.3 is 0 Å². The molecular formula is C23H32N2O2. The standard InChI is InChI=1S/C23H32N2O2/c1-4-6-18-25(19-7-5-2)24-22(26)23(3,20-14-10-8-11-15-20)27-21-16-12-9-13-17-21/h8-17H,4-7,18-19H2,1-3H3,(H,24,26). The van der Waals surface area contributed by atoms with E-state index >= 15 is 0 Å². The summed E-state index contributed by atoms with van der Waals surface area (Å²) < 4.78 is 6.22. The summed E-state index contributed by atoms with van der Waals surface area (Å²) in [5.74, 6) is 0.525. The molecule has 0 saturated carbocycles. The quantitative estimate of drug-likeness (QED) is 0.573. The minimum atomic E-state index is -1.11. The molecule has 0 aliphatic heterocycles. The van der Waals surface area contributed by atoms with Crippen LogP contribution in [-0.4, -0.2) is 24.0 Å². The number of carbonyl (C=O) groups is 1. The number of hydrogen-bond donors (Lipinski definition) is 1. The van der Waals surface area contributed by atoms with Gasteiger partial charge in [-0.1, -0.05) is 75.2 Å². The molecule has 0 aliphatic rings. The molecule has 4 nitrogen and oxygen atoms in total. The van der Waals surface area contributed by atoms with Crippen molar-refractivity contribution < 1.29 is 9.53 Å².